The Hall–Kier alpha value is -1.84. The molecule has 0 aliphatic heterocycles. The van der Waals surface area contributed by atoms with Gasteiger partial charge in [-0.15, -0.1) is 0 Å². The van der Waals surface area contributed by atoms with E-state index in [4.69, 9.17) is 9.84 Å². The molecule has 0 aliphatic carbocycles. The topological polar surface area (TPSA) is 63.6 Å². The fourth-order valence-corrected chi connectivity index (χ4v) is 6.12. The number of hydrogen-bond donors (Lipinski definition) is 1. The quantitative estimate of drug-likeness (QED) is 0.0410. The van der Waals surface area contributed by atoms with Crippen LogP contribution in [0, 0.1) is 0 Å². The van der Waals surface area contributed by atoms with Gasteiger partial charge in [0.1, 0.15) is 6.10 Å². The van der Waals surface area contributed by atoms with E-state index in [1.807, 2.05) is 0 Å². The number of carboxylic acid groups (broad SMARTS) is 1. The van der Waals surface area contributed by atoms with E-state index in [1.165, 1.54) is 116 Å². The number of esters is 1. The van der Waals surface area contributed by atoms with Crippen LogP contribution in [-0.4, -0.2) is 23.1 Å². The number of hydrogen-bond acceptors (Lipinski definition) is 3. The molecule has 0 radical (unpaired) electrons. The van der Waals surface area contributed by atoms with Gasteiger partial charge in [0.25, 0.3) is 0 Å². The standard InChI is InChI=1S/C43H78O4/c1-3-5-7-9-11-13-14-15-16-17-18-19-20-21-22-23-24-26-32-36-40-43(46)47-41(37-33-29-25-12-10-8-6-4-2)38-34-30-27-28-31-35-39-42(44)45/h6,8,12,25,33,37,41H,3-5,7,9-11,13-24,26-32,34-36,38-40H2,1-2H3,(H,44,45)/b8-6-,25-12-,37-33-. The summed E-state index contributed by atoms with van der Waals surface area (Å²) in [5.74, 6) is -0.764. The van der Waals surface area contributed by atoms with Crippen molar-refractivity contribution in [3.8, 4) is 0 Å². The molecule has 274 valence electrons. The molecule has 1 N–H and O–H groups in total. The second-order valence-electron chi connectivity index (χ2n) is 13.8. The van der Waals surface area contributed by atoms with Crippen LogP contribution >= 0.6 is 0 Å². The van der Waals surface area contributed by atoms with Gasteiger partial charge in [-0.3, -0.25) is 9.59 Å². The van der Waals surface area contributed by atoms with Gasteiger partial charge in [0, 0.05) is 12.8 Å². The Morgan fingerprint density at radius 2 is 0.872 bits per heavy atom. The summed E-state index contributed by atoms with van der Waals surface area (Å²) in [6.45, 7) is 4.44. The molecule has 4 nitrogen and oxygen atoms in total. The summed E-state index contributed by atoms with van der Waals surface area (Å²) in [4.78, 5) is 23.3. The minimum Gasteiger partial charge on any atom is -0.481 e. The van der Waals surface area contributed by atoms with Gasteiger partial charge in [0.2, 0.25) is 0 Å². The fraction of sp³-hybridized carbons (Fsp3) is 0.814. The van der Waals surface area contributed by atoms with Crippen LogP contribution in [0.5, 0.6) is 0 Å². The summed E-state index contributed by atoms with van der Waals surface area (Å²) < 4.78 is 5.90. The highest BCUT2D eigenvalue weighted by molar-refractivity contribution is 5.69. The van der Waals surface area contributed by atoms with Gasteiger partial charge in [0.05, 0.1) is 0 Å². The lowest BCUT2D eigenvalue weighted by atomic mass is 10.0. The Morgan fingerprint density at radius 3 is 1.32 bits per heavy atom. The first-order valence-electron chi connectivity index (χ1n) is 20.5. The van der Waals surface area contributed by atoms with Crippen LogP contribution in [0.3, 0.4) is 0 Å². The van der Waals surface area contributed by atoms with Crippen molar-refractivity contribution in [1.82, 2.24) is 0 Å². The summed E-state index contributed by atoms with van der Waals surface area (Å²) >= 11 is 0. The predicted molar refractivity (Wildman–Crippen MR) is 204 cm³/mol. The third-order valence-electron chi connectivity index (χ3n) is 9.11. The lowest BCUT2D eigenvalue weighted by Gasteiger charge is -2.14. The molecule has 1 atom stereocenters. The first-order chi connectivity index (χ1) is 23.1. The van der Waals surface area contributed by atoms with Crippen LogP contribution in [0.2, 0.25) is 0 Å². The molecule has 0 fully saturated rings. The van der Waals surface area contributed by atoms with Gasteiger partial charge in [-0.2, -0.15) is 0 Å². The minimum absolute atomic E-state index is 0.0593. The molecule has 0 aromatic rings. The van der Waals surface area contributed by atoms with Gasteiger partial charge in [-0.05, 0) is 51.0 Å². The third kappa shape index (κ3) is 38.5. The molecule has 0 aromatic carbocycles. The van der Waals surface area contributed by atoms with Crippen molar-refractivity contribution < 1.29 is 19.4 Å². The Balaban J connectivity index is 3.92. The van der Waals surface area contributed by atoms with E-state index in [2.05, 4.69) is 50.3 Å². The Morgan fingerprint density at radius 1 is 0.489 bits per heavy atom. The van der Waals surface area contributed by atoms with Crippen LogP contribution in [-0.2, 0) is 14.3 Å². The Bertz CT molecular complexity index is 753. The average Bonchev–Trinajstić information content (AvgIpc) is 3.05. The molecule has 47 heavy (non-hydrogen) atoms. The SMILES string of the molecule is CC/C=C\C/C=C\C/C=C\C(CCCCCCCCC(=O)O)OC(=O)CCCCCCCCCCCCCCCCCCCCCC. The lowest BCUT2D eigenvalue weighted by molar-refractivity contribution is -0.147. The van der Waals surface area contributed by atoms with Gasteiger partial charge < -0.3 is 9.84 Å². The van der Waals surface area contributed by atoms with Crippen molar-refractivity contribution >= 4 is 11.9 Å². The summed E-state index contributed by atoms with van der Waals surface area (Å²) in [5.41, 5.74) is 0. The van der Waals surface area contributed by atoms with Crippen molar-refractivity contribution in [1.29, 1.82) is 0 Å². The summed E-state index contributed by atoms with van der Waals surface area (Å²) in [6, 6.07) is 0. The van der Waals surface area contributed by atoms with Gasteiger partial charge >= 0.3 is 11.9 Å². The molecule has 0 heterocycles. The first-order valence-corrected chi connectivity index (χ1v) is 20.5. The maximum atomic E-state index is 12.6. The van der Waals surface area contributed by atoms with Crippen LogP contribution in [0.4, 0.5) is 0 Å². The molecule has 1 unspecified atom stereocenters. The van der Waals surface area contributed by atoms with E-state index in [0.29, 0.717) is 6.42 Å². The number of ether oxygens (including phenoxy) is 1. The molecule has 4 heteroatoms. The zero-order chi connectivity index (χ0) is 34.3. The smallest absolute Gasteiger partial charge is 0.306 e. The van der Waals surface area contributed by atoms with E-state index >= 15 is 0 Å². The number of carbonyl (C=O) groups excluding carboxylic acids is 1. The van der Waals surface area contributed by atoms with E-state index in [9.17, 15) is 9.59 Å². The molecule has 0 amide bonds. The van der Waals surface area contributed by atoms with E-state index < -0.39 is 5.97 Å². The Labute approximate surface area is 292 Å². The lowest BCUT2D eigenvalue weighted by Crippen LogP contribution is -2.16. The van der Waals surface area contributed by atoms with Crippen LogP contribution < -0.4 is 0 Å². The molecule has 0 saturated carbocycles. The normalized spacial score (nSPS) is 12.6. The van der Waals surface area contributed by atoms with Crippen LogP contribution in [0.25, 0.3) is 0 Å². The second-order valence-corrected chi connectivity index (χ2v) is 13.8. The van der Waals surface area contributed by atoms with Gasteiger partial charge in [-0.1, -0.05) is 192 Å². The van der Waals surface area contributed by atoms with Crippen molar-refractivity contribution in [3.63, 3.8) is 0 Å². The zero-order valence-electron chi connectivity index (χ0n) is 31.3. The summed E-state index contributed by atoms with van der Waals surface area (Å²) in [7, 11) is 0. The first kappa shape index (κ1) is 45.2. The maximum Gasteiger partial charge on any atom is 0.306 e. The van der Waals surface area contributed by atoms with Crippen molar-refractivity contribution in [2.75, 3.05) is 0 Å². The number of unbranched alkanes of at least 4 members (excludes halogenated alkanes) is 24. The maximum absolute atomic E-state index is 12.6. The molecule has 0 bridgehead atoms. The molecular weight excluding hydrogens is 580 g/mol. The summed E-state index contributed by atoms with van der Waals surface area (Å²) in [5, 5.41) is 8.77. The summed E-state index contributed by atoms with van der Waals surface area (Å²) in [6.07, 6.45) is 50.6. The molecular formula is C43H78O4. The predicted octanol–water partition coefficient (Wildman–Crippen LogP) is 14.2. The second kappa shape index (κ2) is 38.6. The van der Waals surface area contributed by atoms with Crippen molar-refractivity contribution in [3.05, 3.63) is 36.5 Å². The average molecular weight is 659 g/mol. The molecule has 0 aromatic heterocycles. The fourth-order valence-electron chi connectivity index (χ4n) is 6.12. The third-order valence-corrected chi connectivity index (χ3v) is 9.11. The van der Waals surface area contributed by atoms with Crippen LogP contribution in [0.15, 0.2) is 36.5 Å². The van der Waals surface area contributed by atoms with E-state index in [0.717, 1.165) is 77.0 Å². The minimum atomic E-state index is -0.705. The molecule has 0 spiro atoms. The van der Waals surface area contributed by atoms with Gasteiger partial charge in [0.15, 0.2) is 0 Å². The zero-order valence-corrected chi connectivity index (χ0v) is 31.3. The van der Waals surface area contributed by atoms with Gasteiger partial charge in [-0.25, -0.2) is 0 Å². The largest absolute Gasteiger partial charge is 0.481 e. The van der Waals surface area contributed by atoms with Crippen LogP contribution in [0.1, 0.15) is 219 Å². The highest BCUT2D eigenvalue weighted by Gasteiger charge is 2.11. The highest BCUT2D eigenvalue weighted by Crippen LogP contribution is 2.17. The molecule has 0 saturated heterocycles. The number of carbonyl (C=O) groups is 2. The highest BCUT2D eigenvalue weighted by atomic mass is 16.5. The molecule has 0 rings (SSSR count). The van der Waals surface area contributed by atoms with E-state index in [-0.39, 0.29) is 18.5 Å². The van der Waals surface area contributed by atoms with E-state index in [1.54, 1.807) is 0 Å². The molecule has 0 aliphatic rings. The number of rotatable bonds is 37. The van der Waals surface area contributed by atoms with Crippen molar-refractivity contribution in [2.24, 2.45) is 0 Å². The number of allylic oxidation sites excluding steroid dienone is 5. The number of carboxylic acids is 1. The van der Waals surface area contributed by atoms with Crippen molar-refractivity contribution in [2.45, 2.75) is 225 Å². The Kier molecular flexibility index (Phi) is 37.1. The monoisotopic (exact) mass is 659 g/mol. The number of aliphatic carboxylic acids is 1.